The quantitative estimate of drug-likeness (QED) is 0.674. The fraction of sp³-hybridized carbons (Fsp3) is 0.263. The topological polar surface area (TPSA) is 69.9 Å². The van der Waals surface area contributed by atoms with Gasteiger partial charge in [-0.2, -0.15) is 4.98 Å². The third-order valence-corrected chi connectivity index (χ3v) is 4.09. The highest BCUT2D eigenvalue weighted by atomic mass is 16.7. The lowest BCUT2D eigenvalue weighted by atomic mass is 10.2. The number of benzene rings is 2. The molecule has 7 nitrogen and oxygen atoms in total. The molecule has 2 heterocycles. The smallest absolute Gasteiger partial charge is 0.241 e. The maximum atomic E-state index is 5.42. The van der Waals surface area contributed by atoms with Gasteiger partial charge in [0.05, 0.1) is 13.7 Å². The van der Waals surface area contributed by atoms with Crippen LogP contribution in [0, 0.1) is 0 Å². The van der Waals surface area contributed by atoms with E-state index in [4.69, 9.17) is 18.7 Å². The zero-order chi connectivity index (χ0) is 17.9. The van der Waals surface area contributed by atoms with Crippen LogP contribution >= 0.6 is 0 Å². The molecule has 7 heteroatoms. The van der Waals surface area contributed by atoms with E-state index in [0.717, 1.165) is 34.9 Å². The molecule has 1 aliphatic rings. The van der Waals surface area contributed by atoms with Gasteiger partial charge in [-0.05, 0) is 36.9 Å². The van der Waals surface area contributed by atoms with Crippen molar-refractivity contribution in [1.82, 2.24) is 15.0 Å². The summed E-state index contributed by atoms with van der Waals surface area (Å²) in [6.07, 6.45) is 0. The fourth-order valence-corrected chi connectivity index (χ4v) is 2.84. The van der Waals surface area contributed by atoms with Crippen LogP contribution in [0.2, 0.25) is 0 Å². The summed E-state index contributed by atoms with van der Waals surface area (Å²) in [7, 11) is 3.63. The Morgan fingerprint density at radius 2 is 1.96 bits per heavy atom. The van der Waals surface area contributed by atoms with E-state index in [0.29, 0.717) is 18.3 Å². The molecule has 1 aliphatic heterocycles. The van der Waals surface area contributed by atoms with Gasteiger partial charge in [-0.1, -0.05) is 23.4 Å². The highest BCUT2D eigenvalue weighted by Crippen LogP contribution is 2.32. The van der Waals surface area contributed by atoms with Crippen LogP contribution in [0.1, 0.15) is 11.5 Å². The van der Waals surface area contributed by atoms with Crippen LogP contribution in [0.3, 0.4) is 0 Å². The minimum absolute atomic E-state index is 0.281. The van der Waals surface area contributed by atoms with E-state index >= 15 is 0 Å². The van der Waals surface area contributed by atoms with E-state index in [2.05, 4.69) is 15.0 Å². The van der Waals surface area contributed by atoms with Crippen molar-refractivity contribution in [3.8, 4) is 28.6 Å². The van der Waals surface area contributed by atoms with Crippen LogP contribution in [-0.4, -0.2) is 36.0 Å². The number of hydrogen-bond acceptors (Lipinski definition) is 7. The molecular weight excluding hydrogens is 334 g/mol. The average molecular weight is 353 g/mol. The normalized spacial score (nSPS) is 12.6. The number of aromatic nitrogens is 2. The van der Waals surface area contributed by atoms with Gasteiger partial charge >= 0.3 is 0 Å². The maximum Gasteiger partial charge on any atom is 0.241 e. The van der Waals surface area contributed by atoms with Crippen molar-refractivity contribution in [3.63, 3.8) is 0 Å². The second-order valence-electron chi connectivity index (χ2n) is 6.10. The molecule has 3 aromatic rings. The van der Waals surface area contributed by atoms with E-state index in [9.17, 15) is 0 Å². The minimum atomic E-state index is 0.281. The van der Waals surface area contributed by atoms with E-state index in [1.807, 2.05) is 49.5 Å². The van der Waals surface area contributed by atoms with Gasteiger partial charge in [0.2, 0.25) is 18.5 Å². The van der Waals surface area contributed by atoms with E-state index in [1.54, 1.807) is 7.11 Å². The maximum absolute atomic E-state index is 5.42. The van der Waals surface area contributed by atoms with Crippen LogP contribution in [-0.2, 0) is 13.1 Å². The molecule has 0 fully saturated rings. The number of nitrogens with zero attached hydrogens (tertiary/aromatic N) is 3. The van der Waals surface area contributed by atoms with Gasteiger partial charge in [0.1, 0.15) is 5.75 Å². The van der Waals surface area contributed by atoms with Crippen LogP contribution in [0.25, 0.3) is 11.4 Å². The Morgan fingerprint density at radius 1 is 1.08 bits per heavy atom. The SMILES string of the molecule is COc1cccc(-c2noc(CN(C)Cc3ccc4c(c3)OCO4)n2)c1. The molecule has 0 radical (unpaired) electrons. The lowest BCUT2D eigenvalue weighted by Crippen LogP contribution is -2.17. The van der Waals surface area contributed by atoms with Crippen LogP contribution in [0.4, 0.5) is 0 Å². The Kier molecular flexibility index (Phi) is 4.45. The Bertz CT molecular complexity index is 909. The number of ether oxygens (including phenoxy) is 3. The first-order valence-corrected chi connectivity index (χ1v) is 8.25. The Labute approximate surface area is 151 Å². The number of fused-ring (bicyclic) bond motifs is 1. The van der Waals surface area contributed by atoms with Gasteiger partial charge in [0.15, 0.2) is 11.5 Å². The fourth-order valence-electron chi connectivity index (χ4n) is 2.84. The van der Waals surface area contributed by atoms with Crippen molar-refractivity contribution in [2.45, 2.75) is 13.1 Å². The lowest BCUT2D eigenvalue weighted by Gasteiger charge is -2.14. The molecule has 0 bridgehead atoms. The Hall–Kier alpha value is -3.06. The largest absolute Gasteiger partial charge is 0.497 e. The molecule has 0 unspecified atom stereocenters. The minimum Gasteiger partial charge on any atom is -0.497 e. The molecule has 134 valence electrons. The summed E-state index contributed by atoms with van der Waals surface area (Å²) in [6, 6.07) is 13.5. The summed E-state index contributed by atoms with van der Waals surface area (Å²) in [5, 5.41) is 4.06. The zero-order valence-corrected chi connectivity index (χ0v) is 14.6. The van der Waals surface area contributed by atoms with Gasteiger partial charge < -0.3 is 18.7 Å². The van der Waals surface area contributed by atoms with Gasteiger partial charge in [-0.3, -0.25) is 4.90 Å². The second kappa shape index (κ2) is 7.05. The summed E-state index contributed by atoms with van der Waals surface area (Å²) in [5.41, 5.74) is 1.99. The first-order valence-electron chi connectivity index (χ1n) is 8.25. The van der Waals surface area contributed by atoms with Crippen molar-refractivity contribution in [2.24, 2.45) is 0 Å². The third kappa shape index (κ3) is 3.48. The van der Waals surface area contributed by atoms with Crippen molar-refractivity contribution in [2.75, 3.05) is 21.0 Å². The van der Waals surface area contributed by atoms with E-state index in [-0.39, 0.29) is 6.79 Å². The monoisotopic (exact) mass is 353 g/mol. The number of methoxy groups -OCH3 is 1. The molecule has 0 atom stereocenters. The van der Waals surface area contributed by atoms with Crippen LogP contribution < -0.4 is 14.2 Å². The summed E-state index contributed by atoms with van der Waals surface area (Å²) < 4.78 is 21.4. The summed E-state index contributed by atoms with van der Waals surface area (Å²) in [6.45, 7) is 1.56. The zero-order valence-electron chi connectivity index (χ0n) is 14.6. The molecular formula is C19H19N3O4. The number of rotatable bonds is 6. The molecule has 0 aliphatic carbocycles. The summed E-state index contributed by atoms with van der Waals surface area (Å²) in [5.74, 6) is 3.44. The van der Waals surface area contributed by atoms with Crippen molar-refractivity contribution < 1.29 is 18.7 Å². The molecule has 1 aromatic heterocycles. The van der Waals surface area contributed by atoms with E-state index < -0.39 is 0 Å². The van der Waals surface area contributed by atoms with Gasteiger partial charge in [0, 0.05) is 12.1 Å². The van der Waals surface area contributed by atoms with Gasteiger partial charge in [0.25, 0.3) is 0 Å². The Morgan fingerprint density at radius 3 is 2.85 bits per heavy atom. The highest BCUT2D eigenvalue weighted by molar-refractivity contribution is 5.56. The summed E-state index contributed by atoms with van der Waals surface area (Å²) in [4.78, 5) is 6.57. The first-order chi connectivity index (χ1) is 12.7. The predicted octanol–water partition coefficient (Wildman–Crippen LogP) is 3.11. The molecule has 26 heavy (non-hydrogen) atoms. The average Bonchev–Trinajstić information content (AvgIpc) is 3.30. The van der Waals surface area contributed by atoms with Crippen LogP contribution in [0.5, 0.6) is 17.2 Å². The third-order valence-electron chi connectivity index (χ3n) is 4.09. The van der Waals surface area contributed by atoms with E-state index in [1.165, 1.54) is 0 Å². The predicted molar refractivity (Wildman–Crippen MR) is 94.0 cm³/mol. The Balaban J connectivity index is 1.42. The molecule has 4 rings (SSSR count). The van der Waals surface area contributed by atoms with Crippen LogP contribution in [0.15, 0.2) is 47.0 Å². The molecule has 2 aromatic carbocycles. The highest BCUT2D eigenvalue weighted by Gasteiger charge is 2.15. The van der Waals surface area contributed by atoms with Gasteiger partial charge in [-0.15, -0.1) is 0 Å². The molecule has 0 spiro atoms. The molecule has 0 N–H and O–H groups in total. The molecule has 0 saturated heterocycles. The van der Waals surface area contributed by atoms with Gasteiger partial charge in [-0.25, -0.2) is 0 Å². The second-order valence-corrected chi connectivity index (χ2v) is 6.10. The lowest BCUT2D eigenvalue weighted by molar-refractivity contribution is 0.174. The first kappa shape index (κ1) is 16.4. The standard InChI is InChI=1S/C19H19N3O4/c1-22(10-13-6-7-16-17(8-13)25-12-24-16)11-18-20-19(21-26-18)14-4-3-5-15(9-14)23-2/h3-9H,10-12H2,1-2H3. The van der Waals surface area contributed by atoms with Crippen molar-refractivity contribution >= 4 is 0 Å². The summed E-state index contributed by atoms with van der Waals surface area (Å²) >= 11 is 0. The molecule has 0 amide bonds. The molecule has 0 saturated carbocycles. The number of hydrogen-bond donors (Lipinski definition) is 0. The van der Waals surface area contributed by atoms with Crippen molar-refractivity contribution in [3.05, 3.63) is 53.9 Å². The van der Waals surface area contributed by atoms with Crippen molar-refractivity contribution in [1.29, 1.82) is 0 Å².